The number of carbonyl (C=O) groups is 1. The quantitative estimate of drug-likeness (QED) is 0.764. The van der Waals surface area contributed by atoms with Crippen molar-refractivity contribution in [1.29, 1.82) is 0 Å². The van der Waals surface area contributed by atoms with Crippen molar-refractivity contribution in [1.82, 2.24) is 0 Å². The van der Waals surface area contributed by atoms with Gasteiger partial charge >= 0.3 is 5.97 Å². The monoisotopic (exact) mass is 179 g/mol. The van der Waals surface area contributed by atoms with Crippen molar-refractivity contribution >= 4 is 5.97 Å². The van der Waals surface area contributed by atoms with Gasteiger partial charge in [-0.05, 0) is 18.6 Å². The maximum absolute atomic E-state index is 10.2. The van der Waals surface area contributed by atoms with E-state index in [2.05, 4.69) is 6.07 Å². The Morgan fingerprint density at radius 1 is 1.62 bits per heavy atom. The van der Waals surface area contributed by atoms with Crippen LogP contribution in [0.15, 0.2) is 18.2 Å². The third-order valence-corrected chi connectivity index (χ3v) is 1.49. The van der Waals surface area contributed by atoms with E-state index in [1.165, 1.54) is 0 Å². The van der Waals surface area contributed by atoms with Crippen molar-refractivity contribution in [3.05, 3.63) is 29.8 Å². The molecule has 13 heavy (non-hydrogen) atoms. The molecule has 0 spiro atoms. The zero-order valence-electron chi connectivity index (χ0n) is 7.41. The average molecular weight is 179 g/mol. The predicted molar refractivity (Wildman–Crippen MR) is 47.8 cm³/mol. The molecule has 1 N–H and O–H groups in total. The fourth-order valence-corrected chi connectivity index (χ4v) is 0.890. The molecule has 1 aromatic rings. The van der Waals surface area contributed by atoms with Crippen molar-refractivity contribution in [2.24, 2.45) is 0 Å². The van der Waals surface area contributed by atoms with Gasteiger partial charge in [-0.2, -0.15) is 0 Å². The summed E-state index contributed by atoms with van der Waals surface area (Å²) in [5.74, 6) is -0.256. The van der Waals surface area contributed by atoms with Crippen molar-refractivity contribution in [2.75, 3.05) is 6.61 Å². The molecule has 0 heterocycles. The molecule has 0 saturated heterocycles. The minimum Gasteiger partial charge on any atom is -0.492 e. The Kier molecular flexibility index (Phi) is 3.31. The van der Waals surface area contributed by atoms with E-state index in [4.69, 9.17) is 9.84 Å². The molecule has 0 atom stereocenters. The van der Waals surface area contributed by atoms with E-state index in [1.807, 2.05) is 19.1 Å². The van der Waals surface area contributed by atoms with Crippen molar-refractivity contribution < 1.29 is 14.6 Å². The molecule has 0 amide bonds. The SMILES string of the molecule is Cc1[c]c(OCCC(=O)O)ccc1. The summed E-state index contributed by atoms with van der Waals surface area (Å²) in [6, 6.07) is 8.48. The van der Waals surface area contributed by atoms with E-state index in [1.54, 1.807) is 6.07 Å². The zero-order chi connectivity index (χ0) is 9.68. The van der Waals surface area contributed by atoms with E-state index < -0.39 is 5.97 Å². The molecular formula is C10H11O3. The van der Waals surface area contributed by atoms with Gasteiger partial charge < -0.3 is 9.84 Å². The summed E-state index contributed by atoms with van der Waals surface area (Å²) in [7, 11) is 0. The first-order valence-corrected chi connectivity index (χ1v) is 4.02. The van der Waals surface area contributed by atoms with Crippen LogP contribution in [0.1, 0.15) is 12.0 Å². The van der Waals surface area contributed by atoms with Gasteiger partial charge in [0, 0.05) is 6.07 Å². The third-order valence-electron chi connectivity index (χ3n) is 1.49. The largest absolute Gasteiger partial charge is 0.492 e. The van der Waals surface area contributed by atoms with Crippen LogP contribution in [0.3, 0.4) is 0 Å². The molecule has 0 aromatic heterocycles. The van der Waals surface area contributed by atoms with Crippen molar-refractivity contribution in [3.8, 4) is 5.75 Å². The van der Waals surface area contributed by atoms with Gasteiger partial charge in [0.2, 0.25) is 0 Å². The number of rotatable bonds is 4. The Bertz CT molecular complexity index is 294. The number of benzene rings is 1. The first-order chi connectivity index (χ1) is 6.18. The number of ether oxygens (including phenoxy) is 1. The van der Waals surface area contributed by atoms with Crippen LogP contribution in [0.4, 0.5) is 0 Å². The highest BCUT2D eigenvalue weighted by molar-refractivity contribution is 5.66. The van der Waals surface area contributed by atoms with Crippen LogP contribution in [-0.2, 0) is 4.79 Å². The topological polar surface area (TPSA) is 46.5 Å². The molecule has 3 nitrogen and oxygen atoms in total. The fraction of sp³-hybridized carbons (Fsp3) is 0.300. The maximum atomic E-state index is 10.2. The molecule has 3 heteroatoms. The summed E-state index contributed by atoms with van der Waals surface area (Å²) in [5, 5.41) is 8.36. The molecule has 1 aromatic carbocycles. The van der Waals surface area contributed by atoms with E-state index >= 15 is 0 Å². The van der Waals surface area contributed by atoms with E-state index in [0.29, 0.717) is 5.75 Å². The average Bonchev–Trinajstić information content (AvgIpc) is 2.03. The highest BCUT2D eigenvalue weighted by atomic mass is 16.5. The number of carboxylic acid groups (broad SMARTS) is 1. The van der Waals surface area contributed by atoms with Gasteiger partial charge in [-0.3, -0.25) is 4.79 Å². The molecule has 0 aliphatic heterocycles. The van der Waals surface area contributed by atoms with Gasteiger partial charge in [-0.1, -0.05) is 12.1 Å². The Morgan fingerprint density at radius 3 is 3.00 bits per heavy atom. The maximum Gasteiger partial charge on any atom is 0.306 e. The van der Waals surface area contributed by atoms with Crippen LogP contribution in [-0.4, -0.2) is 17.7 Å². The second kappa shape index (κ2) is 4.50. The highest BCUT2D eigenvalue weighted by Crippen LogP contribution is 2.11. The van der Waals surface area contributed by atoms with Crippen LogP contribution in [0, 0.1) is 13.0 Å². The number of hydrogen-bond acceptors (Lipinski definition) is 2. The number of carboxylic acids is 1. The van der Waals surface area contributed by atoms with Crippen LogP contribution in [0.2, 0.25) is 0 Å². The number of hydrogen-bond donors (Lipinski definition) is 1. The summed E-state index contributed by atoms with van der Waals surface area (Å²) in [5.41, 5.74) is 0.979. The summed E-state index contributed by atoms with van der Waals surface area (Å²) >= 11 is 0. The molecule has 0 aliphatic carbocycles. The van der Waals surface area contributed by atoms with Crippen LogP contribution < -0.4 is 4.74 Å². The van der Waals surface area contributed by atoms with Crippen LogP contribution >= 0.6 is 0 Å². The van der Waals surface area contributed by atoms with Gasteiger partial charge in [-0.25, -0.2) is 0 Å². The van der Waals surface area contributed by atoms with Crippen LogP contribution in [0.5, 0.6) is 5.75 Å². The lowest BCUT2D eigenvalue weighted by Gasteiger charge is -2.03. The number of aryl methyl sites for hydroxylation is 1. The Balaban J connectivity index is 2.41. The predicted octanol–water partition coefficient (Wildman–Crippen LogP) is 1.65. The smallest absolute Gasteiger partial charge is 0.306 e. The number of aliphatic carboxylic acids is 1. The molecule has 0 bridgehead atoms. The van der Waals surface area contributed by atoms with Gasteiger partial charge in [0.1, 0.15) is 5.75 Å². The summed E-state index contributed by atoms with van der Waals surface area (Å²) < 4.78 is 5.16. The highest BCUT2D eigenvalue weighted by Gasteiger charge is 1.98. The van der Waals surface area contributed by atoms with Gasteiger partial charge in [0.25, 0.3) is 0 Å². The molecular weight excluding hydrogens is 168 g/mol. The molecule has 1 radical (unpaired) electrons. The standard InChI is InChI=1S/C10H11O3/c1-8-3-2-4-9(7-8)13-6-5-10(11)12/h2-4H,5-6H2,1H3,(H,11,12). The normalized spacial score (nSPS) is 9.62. The summed E-state index contributed by atoms with van der Waals surface area (Å²) in [6.07, 6.45) is 0.0157. The first kappa shape index (κ1) is 9.58. The van der Waals surface area contributed by atoms with Gasteiger partial charge in [-0.15, -0.1) is 0 Å². The second-order valence-corrected chi connectivity index (χ2v) is 2.69. The van der Waals surface area contributed by atoms with E-state index in [0.717, 1.165) is 5.56 Å². The van der Waals surface area contributed by atoms with Gasteiger partial charge in [0.15, 0.2) is 0 Å². The van der Waals surface area contributed by atoms with Crippen LogP contribution in [0.25, 0.3) is 0 Å². The zero-order valence-corrected chi connectivity index (χ0v) is 7.41. The third kappa shape index (κ3) is 3.60. The lowest BCUT2D eigenvalue weighted by atomic mass is 10.2. The van der Waals surface area contributed by atoms with Gasteiger partial charge in [0.05, 0.1) is 13.0 Å². The molecule has 1 rings (SSSR count). The summed E-state index contributed by atoms with van der Waals surface area (Å²) in [4.78, 5) is 10.2. The van der Waals surface area contributed by atoms with E-state index in [-0.39, 0.29) is 13.0 Å². The van der Waals surface area contributed by atoms with Crippen molar-refractivity contribution in [3.63, 3.8) is 0 Å². The van der Waals surface area contributed by atoms with Crippen molar-refractivity contribution in [2.45, 2.75) is 13.3 Å². The second-order valence-electron chi connectivity index (χ2n) is 2.69. The Hall–Kier alpha value is -1.51. The Labute approximate surface area is 77.0 Å². The minimum absolute atomic E-state index is 0.0157. The molecule has 0 saturated carbocycles. The molecule has 69 valence electrons. The summed E-state index contributed by atoms with van der Waals surface area (Å²) in [6.45, 7) is 2.10. The lowest BCUT2D eigenvalue weighted by Crippen LogP contribution is -2.04. The molecule has 0 aliphatic rings. The molecule has 0 fully saturated rings. The van der Waals surface area contributed by atoms with E-state index in [9.17, 15) is 4.79 Å². The first-order valence-electron chi connectivity index (χ1n) is 4.02. The fourth-order valence-electron chi connectivity index (χ4n) is 0.890. The minimum atomic E-state index is -0.854. The lowest BCUT2D eigenvalue weighted by molar-refractivity contribution is -0.137. The molecule has 0 unspecified atom stereocenters. The Morgan fingerprint density at radius 2 is 2.38 bits per heavy atom.